The molecular formula is C15H22N2O2. The summed E-state index contributed by atoms with van der Waals surface area (Å²) in [5.41, 5.74) is 6.48. The SMILES string of the molecule is CC(C)Oc1ccccc1N1CCC(C(N)=O)CC1. The number of anilines is 1. The van der Waals surface area contributed by atoms with E-state index in [-0.39, 0.29) is 17.9 Å². The maximum absolute atomic E-state index is 11.2. The molecule has 0 saturated carbocycles. The van der Waals surface area contributed by atoms with Crippen molar-refractivity contribution in [1.29, 1.82) is 0 Å². The number of piperidine rings is 1. The van der Waals surface area contributed by atoms with Crippen molar-refractivity contribution >= 4 is 11.6 Å². The Hall–Kier alpha value is -1.71. The van der Waals surface area contributed by atoms with Crippen LogP contribution in [0, 0.1) is 5.92 Å². The van der Waals surface area contributed by atoms with E-state index in [9.17, 15) is 4.79 Å². The third kappa shape index (κ3) is 3.40. The Balaban J connectivity index is 2.08. The molecule has 1 amide bonds. The molecule has 1 fully saturated rings. The van der Waals surface area contributed by atoms with E-state index in [0.29, 0.717) is 0 Å². The number of carbonyl (C=O) groups excluding carboxylic acids is 1. The number of nitrogens with zero attached hydrogens (tertiary/aromatic N) is 1. The van der Waals surface area contributed by atoms with Crippen LogP contribution < -0.4 is 15.4 Å². The van der Waals surface area contributed by atoms with Gasteiger partial charge in [0.1, 0.15) is 5.75 Å². The highest BCUT2D eigenvalue weighted by atomic mass is 16.5. The number of rotatable bonds is 4. The smallest absolute Gasteiger partial charge is 0.220 e. The van der Waals surface area contributed by atoms with Gasteiger partial charge in [-0.05, 0) is 38.8 Å². The largest absolute Gasteiger partial charge is 0.489 e. The van der Waals surface area contributed by atoms with Crippen molar-refractivity contribution in [3.8, 4) is 5.75 Å². The first-order chi connectivity index (χ1) is 9.08. The third-order valence-corrected chi connectivity index (χ3v) is 3.47. The molecule has 1 aromatic rings. The molecule has 2 N–H and O–H groups in total. The zero-order chi connectivity index (χ0) is 13.8. The molecular weight excluding hydrogens is 240 g/mol. The van der Waals surface area contributed by atoms with Crippen molar-refractivity contribution in [2.75, 3.05) is 18.0 Å². The summed E-state index contributed by atoms with van der Waals surface area (Å²) in [6.07, 6.45) is 1.81. The predicted molar refractivity (Wildman–Crippen MR) is 76.3 cm³/mol. The Morgan fingerprint density at radius 2 is 1.95 bits per heavy atom. The summed E-state index contributed by atoms with van der Waals surface area (Å²) in [4.78, 5) is 13.5. The molecule has 19 heavy (non-hydrogen) atoms. The number of para-hydroxylation sites is 2. The molecule has 0 radical (unpaired) electrons. The molecule has 1 heterocycles. The maximum Gasteiger partial charge on any atom is 0.220 e. The minimum atomic E-state index is -0.175. The van der Waals surface area contributed by atoms with Crippen LogP contribution in [0.15, 0.2) is 24.3 Å². The summed E-state index contributed by atoms with van der Waals surface area (Å²) in [7, 11) is 0. The summed E-state index contributed by atoms with van der Waals surface area (Å²) in [5.74, 6) is 0.760. The molecule has 0 aliphatic carbocycles. The average Bonchev–Trinajstić information content (AvgIpc) is 2.39. The van der Waals surface area contributed by atoms with E-state index in [1.54, 1.807) is 0 Å². The molecule has 104 valence electrons. The first-order valence-electron chi connectivity index (χ1n) is 6.88. The Morgan fingerprint density at radius 3 is 2.53 bits per heavy atom. The molecule has 0 aromatic heterocycles. The summed E-state index contributed by atoms with van der Waals surface area (Å²) >= 11 is 0. The van der Waals surface area contributed by atoms with Crippen LogP contribution in [0.4, 0.5) is 5.69 Å². The highest BCUT2D eigenvalue weighted by Gasteiger charge is 2.24. The van der Waals surface area contributed by atoms with E-state index < -0.39 is 0 Å². The van der Waals surface area contributed by atoms with Crippen LogP contribution in [0.3, 0.4) is 0 Å². The van der Waals surface area contributed by atoms with Crippen molar-refractivity contribution in [3.05, 3.63) is 24.3 Å². The topological polar surface area (TPSA) is 55.6 Å². The Labute approximate surface area is 114 Å². The lowest BCUT2D eigenvalue weighted by Crippen LogP contribution is -2.38. The number of amides is 1. The van der Waals surface area contributed by atoms with Gasteiger partial charge < -0.3 is 15.4 Å². The van der Waals surface area contributed by atoms with Crippen LogP contribution in [0.2, 0.25) is 0 Å². The van der Waals surface area contributed by atoms with Gasteiger partial charge in [-0.2, -0.15) is 0 Å². The first-order valence-corrected chi connectivity index (χ1v) is 6.88. The summed E-state index contributed by atoms with van der Waals surface area (Å²) < 4.78 is 5.84. The minimum absolute atomic E-state index is 0.0226. The van der Waals surface area contributed by atoms with E-state index in [2.05, 4.69) is 11.0 Å². The lowest BCUT2D eigenvalue weighted by Gasteiger charge is -2.33. The lowest BCUT2D eigenvalue weighted by molar-refractivity contribution is -0.122. The van der Waals surface area contributed by atoms with Gasteiger partial charge in [0.05, 0.1) is 11.8 Å². The fourth-order valence-corrected chi connectivity index (χ4v) is 2.48. The number of primary amides is 1. The first kappa shape index (κ1) is 13.7. The highest BCUT2D eigenvalue weighted by Crippen LogP contribution is 2.31. The van der Waals surface area contributed by atoms with Crippen molar-refractivity contribution in [2.45, 2.75) is 32.8 Å². The van der Waals surface area contributed by atoms with E-state index >= 15 is 0 Å². The van der Waals surface area contributed by atoms with Crippen molar-refractivity contribution in [3.63, 3.8) is 0 Å². The monoisotopic (exact) mass is 262 g/mol. The van der Waals surface area contributed by atoms with Crippen LogP contribution in [-0.2, 0) is 4.79 Å². The second-order valence-electron chi connectivity index (χ2n) is 5.30. The molecule has 0 unspecified atom stereocenters. The van der Waals surface area contributed by atoms with Crippen LogP contribution in [-0.4, -0.2) is 25.1 Å². The Bertz CT molecular complexity index is 438. The third-order valence-electron chi connectivity index (χ3n) is 3.47. The second-order valence-corrected chi connectivity index (χ2v) is 5.30. The van der Waals surface area contributed by atoms with E-state index in [4.69, 9.17) is 10.5 Å². The molecule has 4 nitrogen and oxygen atoms in total. The molecule has 1 aliphatic rings. The number of hydrogen-bond donors (Lipinski definition) is 1. The minimum Gasteiger partial charge on any atom is -0.489 e. The van der Waals surface area contributed by atoms with Gasteiger partial charge in [-0.25, -0.2) is 0 Å². The zero-order valence-electron chi connectivity index (χ0n) is 11.6. The quantitative estimate of drug-likeness (QED) is 0.904. The molecule has 0 spiro atoms. The zero-order valence-corrected chi connectivity index (χ0v) is 11.6. The number of nitrogens with two attached hydrogens (primary N) is 1. The fraction of sp³-hybridized carbons (Fsp3) is 0.533. The molecule has 1 aromatic carbocycles. The molecule has 0 bridgehead atoms. The lowest BCUT2D eigenvalue weighted by atomic mass is 9.96. The van der Waals surface area contributed by atoms with E-state index in [0.717, 1.165) is 37.4 Å². The van der Waals surface area contributed by atoms with Crippen LogP contribution in [0.1, 0.15) is 26.7 Å². The molecule has 2 rings (SSSR count). The normalized spacial score (nSPS) is 16.7. The van der Waals surface area contributed by atoms with Gasteiger partial charge in [-0.3, -0.25) is 4.79 Å². The van der Waals surface area contributed by atoms with Gasteiger partial charge in [-0.1, -0.05) is 12.1 Å². The number of hydrogen-bond acceptors (Lipinski definition) is 3. The molecule has 0 atom stereocenters. The average molecular weight is 262 g/mol. The van der Waals surface area contributed by atoms with Crippen LogP contribution in [0.5, 0.6) is 5.75 Å². The van der Waals surface area contributed by atoms with Crippen molar-refractivity contribution in [2.24, 2.45) is 11.7 Å². The standard InChI is InChI=1S/C15H22N2O2/c1-11(2)19-14-6-4-3-5-13(14)17-9-7-12(8-10-17)15(16)18/h3-6,11-12H,7-10H2,1-2H3,(H2,16,18). The van der Waals surface area contributed by atoms with Gasteiger partial charge in [0, 0.05) is 19.0 Å². The highest BCUT2D eigenvalue weighted by molar-refractivity contribution is 5.77. The molecule has 4 heteroatoms. The summed E-state index contributed by atoms with van der Waals surface area (Å²) in [6.45, 7) is 5.75. The maximum atomic E-state index is 11.2. The molecule has 1 aliphatic heterocycles. The number of benzene rings is 1. The fourth-order valence-electron chi connectivity index (χ4n) is 2.48. The Kier molecular flexibility index (Phi) is 4.30. The van der Waals surface area contributed by atoms with Crippen LogP contribution in [0.25, 0.3) is 0 Å². The van der Waals surface area contributed by atoms with Crippen molar-refractivity contribution in [1.82, 2.24) is 0 Å². The van der Waals surface area contributed by atoms with Gasteiger partial charge in [0.25, 0.3) is 0 Å². The summed E-state index contributed by atoms with van der Waals surface area (Å²) in [6, 6.07) is 8.07. The van der Waals surface area contributed by atoms with Gasteiger partial charge in [-0.15, -0.1) is 0 Å². The van der Waals surface area contributed by atoms with Crippen LogP contribution >= 0.6 is 0 Å². The second kappa shape index (κ2) is 5.95. The predicted octanol–water partition coefficient (Wildman–Crippen LogP) is 2.18. The van der Waals surface area contributed by atoms with Gasteiger partial charge in [0.2, 0.25) is 5.91 Å². The number of carbonyl (C=O) groups is 1. The Morgan fingerprint density at radius 1 is 1.32 bits per heavy atom. The van der Waals surface area contributed by atoms with Gasteiger partial charge >= 0.3 is 0 Å². The number of ether oxygens (including phenoxy) is 1. The van der Waals surface area contributed by atoms with Gasteiger partial charge in [0.15, 0.2) is 0 Å². The van der Waals surface area contributed by atoms with E-state index in [1.807, 2.05) is 32.0 Å². The van der Waals surface area contributed by atoms with Crippen molar-refractivity contribution < 1.29 is 9.53 Å². The van der Waals surface area contributed by atoms with E-state index in [1.165, 1.54) is 0 Å². The summed E-state index contributed by atoms with van der Waals surface area (Å²) in [5, 5.41) is 0. The molecule has 1 saturated heterocycles.